The molecule has 1 aliphatic heterocycles. The fourth-order valence-corrected chi connectivity index (χ4v) is 4.06. The molecule has 184 valence electrons. The van der Waals surface area contributed by atoms with E-state index in [-0.39, 0.29) is 6.04 Å². The lowest BCUT2D eigenvalue weighted by atomic mass is 10.1. The Labute approximate surface area is 202 Å². The average Bonchev–Trinajstić information content (AvgIpc) is 2.87. The molecule has 0 saturated carbocycles. The summed E-state index contributed by atoms with van der Waals surface area (Å²) in [5.41, 5.74) is 2.18. The first-order valence-electron chi connectivity index (χ1n) is 11.7. The molecule has 0 radical (unpaired) electrons. The molecular formula is C25H36N6O3. The van der Waals surface area contributed by atoms with Crippen LogP contribution >= 0.6 is 0 Å². The van der Waals surface area contributed by atoms with Crippen molar-refractivity contribution in [2.75, 3.05) is 71.9 Å². The second-order valence-corrected chi connectivity index (χ2v) is 8.65. The lowest BCUT2D eigenvalue weighted by molar-refractivity contribution is -0.139. The van der Waals surface area contributed by atoms with E-state index in [0.29, 0.717) is 13.1 Å². The quantitative estimate of drug-likeness (QED) is 0.399. The number of aromatic nitrogens is 1. The number of pyridine rings is 1. The van der Waals surface area contributed by atoms with Gasteiger partial charge in [-0.3, -0.25) is 19.5 Å². The van der Waals surface area contributed by atoms with E-state index in [4.69, 9.17) is 4.74 Å². The number of hydrogen-bond donors (Lipinski definition) is 2. The number of carbonyl (C=O) groups is 2. The molecule has 3 rings (SSSR count). The first-order valence-corrected chi connectivity index (χ1v) is 11.7. The minimum Gasteiger partial charge on any atom is -0.497 e. The largest absolute Gasteiger partial charge is 0.497 e. The molecule has 34 heavy (non-hydrogen) atoms. The SMILES string of the molecule is COc1ccc(N2CCN(C(CNC(=O)C(=O)NCCCN(C)C)c3cccnc3)CC2)cc1. The summed E-state index contributed by atoms with van der Waals surface area (Å²) in [7, 11) is 5.62. The third-order valence-electron chi connectivity index (χ3n) is 5.99. The van der Waals surface area contributed by atoms with Crippen LogP contribution in [0.1, 0.15) is 18.0 Å². The van der Waals surface area contributed by atoms with Gasteiger partial charge in [0.15, 0.2) is 0 Å². The maximum absolute atomic E-state index is 12.4. The van der Waals surface area contributed by atoms with Gasteiger partial charge in [-0.2, -0.15) is 0 Å². The first-order chi connectivity index (χ1) is 16.5. The summed E-state index contributed by atoms with van der Waals surface area (Å²) < 4.78 is 5.26. The molecule has 2 N–H and O–H groups in total. The lowest BCUT2D eigenvalue weighted by Gasteiger charge is -2.40. The van der Waals surface area contributed by atoms with Crippen LogP contribution in [0.25, 0.3) is 0 Å². The third-order valence-corrected chi connectivity index (χ3v) is 5.99. The lowest BCUT2D eigenvalue weighted by Crippen LogP contribution is -2.51. The number of anilines is 1. The van der Waals surface area contributed by atoms with Gasteiger partial charge < -0.3 is 25.2 Å². The molecule has 1 fully saturated rings. The van der Waals surface area contributed by atoms with Crippen LogP contribution in [0, 0.1) is 0 Å². The molecule has 2 amide bonds. The van der Waals surface area contributed by atoms with Crippen molar-refractivity contribution in [2.24, 2.45) is 0 Å². The fraction of sp³-hybridized carbons (Fsp3) is 0.480. The summed E-state index contributed by atoms with van der Waals surface area (Å²) in [6, 6.07) is 11.9. The Balaban J connectivity index is 1.56. The maximum Gasteiger partial charge on any atom is 0.309 e. The molecule has 2 aromatic rings. The fourth-order valence-electron chi connectivity index (χ4n) is 4.06. The second kappa shape index (κ2) is 12.9. The zero-order valence-corrected chi connectivity index (χ0v) is 20.4. The molecular weight excluding hydrogens is 432 g/mol. The molecule has 0 aliphatic carbocycles. The van der Waals surface area contributed by atoms with Gasteiger partial charge in [0.1, 0.15) is 5.75 Å². The smallest absolute Gasteiger partial charge is 0.309 e. The molecule has 1 aromatic carbocycles. The Morgan fingerprint density at radius 1 is 1.06 bits per heavy atom. The Kier molecular flexibility index (Phi) is 9.66. The highest BCUT2D eigenvalue weighted by molar-refractivity contribution is 6.35. The van der Waals surface area contributed by atoms with Crippen LogP contribution in [0.4, 0.5) is 5.69 Å². The first kappa shape index (κ1) is 25.5. The number of nitrogens with one attached hydrogen (secondary N) is 2. The van der Waals surface area contributed by atoms with E-state index in [1.54, 1.807) is 13.3 Å². The molecule has 9 nitrogen and oxygen atoms in total. The Morgan fingerprint density at radius 3 is 2.38 bits per heavy atom. The number of hydrogen-bond acceptors (Lipinski definition) is 7. The number of benzene rings is 1. The number of amides is 2. The standard InChI is InChI=1S/C25H36N6O3/c1-29(2)13-5-12-27-24(32)25(33)28-19-23(20-6-4-11-26-18-20)31-16-14-30(15-17-31)21-7-9-22(34-3)10-8-21/h4,6-11,18,23H,5,12-17,19H2,1-3H3,(H,27,32)(H,28,33). The van der Waals surface area contributed by atoms with E-state index in [0.717, 1.165) is 56.1 Å². The summed E-state index contributed by atoms with van der Waals surface area (Å²) in [5, 5.41) is 5.52. The summed E-state index contributed by atoms with van der Waals surface area (Å²) in [6.07, 6.45) is 4.36. The van der Waals surface area contributed by atoms with Crippen molar-refractivity contribution in [2.45, 2.75) is 12.5 Å². The number of piperazine rings is 1. The van der Waals surface area contributed by atoms with Crippen LogP contribution in [0.2, 0.25) is 0 Å². The topological polar surface area (TPSA) is 90.0 Å². The van der Waals surface area contributed by atoms with Crippen molar-refractivity contribution in [3.8, 4) is 5.75 Å². The highest BCUT2D eigenvalue weighted by Crippen LogP contribution is 2.25. The van der Waals surface area contributed by atoms with Crippen LogP contribution in [0.5, 0.6) is 5.75 Å². The summed E-state index contributed by atoms with van der Waals surface area (Å²) >= 11 is 0. The molecule has 1 unspecified atom stereocenters. The van der Waals surface area contributed by atoms with Gasteiger partial charge >= 0.3 is 11.8 Å². The second-order valence-electron chi connectivity index (χ2n) is 8.65. The molecule has 9 heteroatoms. The Morgan fingerprint density at radius 2 is 1.76 bits per heavy atom. The van der Waals surface area contributed by atoms with Gasteiger partial charge in [-0.1, -0.05) is 6.07 Å². The van der Waals surface area contributed by atoms with Crippen molar-refractivity contribution >= 4 is 17.5 Å². The van der Waals surface area contributed by atoms with Gasteiger partial charge in [-0.25, -0.2) is 0 Å². The van der Waals surface area contributed by atoms with Crippen LogP contribution in [0.15, 0.2) is 48.8 Å². The van der Waals surface area contributed by atoms with E-state index in [9.17, 15) is 9.59 Å². The van der Waals surface area contributed by atoms with E-state index < -0.39 is 11.8 Å². The molecule has 1 aliphatic rings. The van der Waals surface area contributed by atoms with E-state index in [1.165, 1.54) is 0 Å². The minimum atomic E-state index is -0.601. The van der Waals surface area contributed by atoms with Crippen molar-refractivity contribution in [1.82, 2.24) is 25.4 Å². The normalized spacial score (nSPS) is 15.1. The number of carbonyl (C=O) groups excluding carboxylic acids is 2. The average molecular weight is 469 g/mol. The zero-order valence-electron chi connectivity index (χ0n) is 20.4. The van der Waals surface area contributed by atoms with Gasteiger partial charge in [0.25, 0.3) is 0 Å². The van der Waals surface area contributed by atoms with Crippen molar-refractivity contribution in [1.29, 1.82) is 0 Å². The third kappa shape index (κ3) is 7.43. The summed E-state index contributed by atoms with van der Waals surface area (Å²) in [5.74, 6) is -0.347. The maximum atomic E-state index is 12.4. The minimum absolute atomic E-state index is 0.0581. The molecule has 1 atom stereocenters. The number of ether oxygens (including phenoxy) is 1. The summed E-state index contributed by atoms with van der Waals surface area (Å²) in [6.45, 7) is 5.07. The van der Waals surface area contributed by atoms with Crippen LogP contribution in [-0.4, -0.2) is 93.6 Å². The number of rotatable bonds is 10. The number of methoxy groups -OCH3 is 1. The molecule has 1 saturated heterocycles. The van der Waals surface area contributed by atoms with Crippen molar-refractivity contribution in [3.63, 3.8) is 0 Å². The zero-order chi connectivity index (χ0) is 24.3. The predicted molar refractivity (Wildman–Crippen MR) is 133 cm³/mol. The van der Waals surface area contributed by atoms with Crippen molar-refractivity contribution in [3.05, 3.63) is 54.4 Å². The van der Waals surface area contributed by atoms with Crippen molar-refractivity contribution < 1.29 is 14.3 Å². The Hall–Kier alpha value is -3.17. The molecule has 0 spiro atoms. The van der Waals surface area contributed by atoms with Gasteiger partial charge in [0.2, 0.25) is 0 Å². The van der Waals surface area contributed by atoms with E-state index >= 15 is 0 Å². The Bertz CT molecular complexity index is 899. The molecule has 1 aromatic heterocycles. The van der Waals surface area contributed by atoms with E-state index in [2.05, 4.69) is 37.6 Å². The van der Waals surface area contributed by atoms with Gasteiger partial charge in [-0.15, -0.1) is 0 Å². The van der Waals surface area contributed by atoms with Crippen LogP contribution < -0.4 is 20.3 Å². The highest BCUT2D eigenvalue weighted by atomic mass is 16.5. The van der Waals surface area contributed by atoms with Crippen LogP contribution in [0.3, 0.4) is 0 Å². The van der Waals surface area contributed by atoms with E-state index in [1.807, 2.05) is 49.5 Å². The predicted octanol–water partition coefficient (Wildman–Crippen LogP) is 1.14. The summed E-state index contributed by atoms with van der Waals surface area (Å²) in [4.78, 5) is 35.6. The number of nitrogens with zero attached hydrogens (tertiary/aromatic N) is 4. The molecule has 2 heterocycles. The van der Waals surface area contributed by atoms with Gasteiger partial charge in [0, 0.05) is 57.3 Å². The van der Waals surface area contributed by atoms with Gasteiger partial charge in [0.05, 0.1) is 13.2 Å². The highest BCUT2D eigenvalue weighted by Gasteiger charge is 2.26. The monoisotopic (exact) mass is 468 g/mol. The van der Waals surface area contributed by atoms with Gasteiger partial charge in [-0.05, 0) is 63.0 Å². The molecule has 0 bridgehead atoms. The van der Waals surface area contributed by atoms with Crippen LogP contribution in [-0.2, 0) is 9.59 Å².